The number of nitrogens with zero attached hydrogens (tertiary/aromatic N) is 2. The summed E-state index contributed by atoms with van der Waals surface area (Å²) in [7, 11) is 3.22. The van der Waals surface area contributed by atoms with E-state index in [-0.39, 0.29) is 30.1 Å². The summed E-state index contributed by atoms with van der Waals surface area (Å²) in [6.45, 7) is 1.18. The molecule has 2 saturated heterocycles. The minimum atomic E-state index is -0.509. The Bertz CT molecular complexity index is 769. The SMILES string of the molecule is COc1cc2c(cc1OC)[C@@H]1CC(=O)C(N3C[C@@H](CF)CC3=O)CN1CC2. The number of benzene rings is 1. The molecule has 0 aliphatic carbocycles. The lowest BCUT2D eigenvalue weighted by molar-refractivity contribution is -0.140. The van der Waals surface area contributed by atoms with Crippen LogP contribution in [0.3, 0.4) is 0 Å². The molecule has 0 aromatic heterocycles. The third-order valence-corrected chi connectivity index (χ3v) is 6.12. The van der Waals surface area contributed by atoms with E-state index in [1.807, 2.05) is 12.1 Å². The van der Waals surface area contributed by atoms with Crippen LogP contribution in [0.25, 0.3) is 0 Å². The number of fused-ring (bicyclic) bond motifs is 3. The Morgan fingerprint density at radius 1 is 1.07 bits per heavy atom. The van der Waals surface area contributed by atoms with Crippen LogP contribution in [-0.2, 0) is 16.0 Å². The van der Waals surface area contributed by atoms with Gasteiger partial charge in [-0.05, 0) is 29.7 Å². The van der Waals surface area contributed by atoms with Crippen LogP contribution in [0.4, 0.5) is 4.39 Å². The predicted octanol–water partition coefficient (Wildman–Crippen LogP) is 1.76. The first-order chi connectivity index (χ1) is 13.0. The van der Waals surface area contributed by atoms with Crippen molar-refractivity contribution in [1.29, 1.82) is 0 Å². The van der Waals surface area contributed by atoms with Crippen molar-refractivity contribution in [2.45, 2.75) is 31.3 Å². The van der Waals surface area contributed by atoms with Crippen molar-refractivity contribution < 1.29 is 23.5 Å². The topological polar surface area (TPSA) is 59.1 Å². The number of amides is 1. The van der Waals surface area contributed by atoms with Gasteiger partial charge >= 0.3 is 0 Å². The predicted molar refractivity (Wildman–Crippen MR) is 96.8 cm³/mol. The van der Waals surface area contributed by atoms with Crippen LogP contribution in [-0.4, -0.2) is 68.1 Å². The van der Waals surface area contributed by atoms with Gasteiger partial charge in [-0.1, -0.05) is 0 Å². The van der Waals surface area contributed by atoms with E-state index in [9.17, 15) is 14.0 Å². The number of halogens is 1. The zero-order chi connectivity index (χ0) is 19.1. The van der Waals surface area contributed by atoms with Crippen LogP contribution in [0.5, 0.6) is 11.5 Å². The molecule has 1 aromatic rings. The van der Waals surface area contributed by atoms with Crippen LogP contribution in [0.15, 0.2) is 12.1 Å². The highest BCUT2D eigenvalue weighted by molar-refractivity contribution is 5.91. The number of ether oxygens (including phenoxy) is 2. The van der Waals surface area contributed by atoms with E-state index < -0.39 is 12.7 Å². The van der Waals surface area contributed by atoms with E-state index in [1.165, 1.54) is 5.56 Å². The summed E-state index contributed by atoms with van der Waals surface area (Å²) in [6, 6.07) is 3.51. The molecule has 7 heteroatoms. The van der Waals surface area contributed by atoms with Gasteiger partial charge in [0.05, 0.1) is 20.9 Å². The van der Waals surface area contributed by atoms with Crippen molar-refractivity contribution in [1.82, 2.24) is 9.80 Å². The highest BCUT2D eigenvalue weighted by Gasteiger charge is 2.44. The fourth-order valence-electron chi connectivity index (χ4n) is 4.67. The lowest BCUT2D eigenvalue weighted by Crippen LogP contribution is -2.56. The van der Waals surface area contributed by atoms with Gasteiger partial charge in [0, 0.05) is 44.4 Å². The summed E-state index contributed by atoms with van der Waals surface area (Å²) in [6.07, 6.45) is 1.43. The largest absolute Gasteiger partial charge is 0.493 e. The van der Waals surface area contributed by atoms with Gasteiger partial charge in [-0.15, -0.1) is 0 Å². The zero-order valence-electron chi connectivity index (χ0n) is 15.7. The fourth-order valence-corrected chi connectivity index (χ4v) is 4.67. The lowest BCUT2D eigenvalue weighted by atomic mass is 9.84. The van der Waals surface area contributed by atoms with Crippen LogP contribution in [0, 0.1) is 5.92 Å². The van der Waals surface area contributed by atoms with Gasteiger partial charge in [0.1, 0.15) is 6.04 Å². The first kappa shape index (κ1) is 18.2. The normalized spacial score (nSPS) is 28.1. The first-order valence-electron chi connectivity index (χ1n) is 9.42. The summed E-state index contributed by atoms with van der Waals surface area (Å²) in [5.74, 6) is 1.05. The fraction of sp³-hybridized carbons (Fsp3) is 0.600. The monoisotopic (exact) mass is 376 g/mol. The highest BCUT2D eigenvalue weighted by Crippen LogP contribution is 2.42. The minimum Gasteiger partial charge on any atom is -0.493 e. The molecule has 1 amide bonds. The van der Waals surface area contributed by atoms with E-state index >= 15 is 0 Å². The Kier molecular flexibility index (Phi) is 4.80. The Labute approximate surface area is 158 Å². The Hall–Kier alpha value is -2.15. The Morgan fingerprint density at radius 3 is 2.48 bits per heavy atom. The maximum absolute atomic E-state index is 13.0. The molecular formula is C20H25FN2O4. The van der Waals surface area contributed by atoms with Crippen molar-refractivity contribution in [3.63, 3.8) is 0 Å². The Balaban J connectivity index is 1.58. The van der Waals surface area contributed by atoms with Crippen LogP contribution in [0.1, 0.15) is 30.0 Å². The van der Waals surface area contributed by atoms with Crippen molar-refractivity contribution in [3.8, 4) is 11.5 Å². The molecule has 4 rings (SSSR count). The molecule has 3 heterocycles. The number of Topliss-reactive ketones (excluding diaryl/α,β-unsaturated/α-hetero) is 1. The van der Waals surface area contributed by atoms with E-state index in [0.29, 0.717) is 31.0 Å². The quantitative estimate of drug-likeness (QED) is 0.802. The molecule has 27 heavy (non-hydrogen) atoms. The molecule has 1 unspecified atom stereocenters. The first-order valence-corrected chi connectivity index (χ1v) is 9.42. The molecule has 146 valence electrons. The minimum absolute atomic E-state index is 0.00742. The number of likely N-dealkylation sites (tertiary alicyclic amines) is 1. The lowest BCUT2D eigenvalue weighted by Gasteiger charge is -2.45. The number of methoxy groups -OCH3 is 2. The number of carbonyl (C=O) groups is 2. The summed E-state index contributed by atoms with van der Waals surface area (Å²) in [5, 5.41) is 0. The molecule has 3 aliphatic heterocycles. The molecule has 0 radical (unpaired) electrons. The molecule has 3 aliphatic rings. The van der Waals surface area contributed by atoms with Crippen LogP contribution < -0.4 is 9.47 Å². The van der Waals surface area contributed by atoms with Gasteiger partial charge in [0.25, 0.3) is 0 Å². The molecule has 6 nitrogen and oxygen atoms in total. The van der Waals surface area contributed by atoms with Gasteiger partial charge in [-0.25, -0.2) is 0 Å². The second-order valence-electron chi connectivity index (χ2n) is 7.62. The molecule has 2 fully saturated rings. The van der Waals surface area contributed by atoms with E-state index in [4.69, 9.17) is 9.47 Å². The van der Waals surface area contributed by atoms with E-state index in [0.717, 1.165) is 18.5 Å². The summed E-state index contributed by atoms with van der Waals surface area (Å²) < 4.78 is 23.8. The molecule has 0 bridgehead atoms. The molecule has 0 spiro atoms. The average molecular weight is 376 g/mol. The molecule has 3 atom stereocenters. The Morgan fingerprint density at radius 2 is 1.81 bits per heavy atom. The summed E-state index contributed by atoms with van der Waals surface area (Å²) in [4.78, 5) is 29.0. The van der Waals surface area contributed by atoms with Crippen molar-refractivity contribution in [2.24, 2.45) is 5.92 Å². The van der Waals surface area contributed by atoms with Gasteiger partial charge in [-0.2, -0.15) is 0 Å². The number of rotatable bonds is 4. The van der Waals surface area contributed by atoms with E-state index in [2.05, 4.69) is 4.90 Å². The van der Waals surface area contributed by atoms with Crippen molar-refractivity contribution >= 4 is 11.7 Å². The van der Waals surface area contributed by atoms with Crippen LogP contribution in [0.2, 0.25) is 0 Å². The number of hydrogen-bond acceptors (Lipinski definition) is 5. The summed E-state index contributed by atoms with van der Waals surface area (Å²) >= 11 is 0. The average Bonchev–Trinajstić information content (AvgIpc) is 3.06. The smallest absolute Gasteiger partial charge is 0.223 e. The second-order valence-corrected chi connectivity index (χ2v) is 7.62. The molecule has 1 aromatic carbocycles. The maximum atomic E-state index is 13.0. The number of alkyl halides is 1. The number of hydrogen-bond donors (Lipinski definition) is 0. The maximum Gasteiger partial charge on any atom is 0.223 e. The van der Waals surface area contributed by atoms with E-state index in [1.54, 1.807) is 19.1 Å². The number of piperidine rings is 1. The van der Waals surface area contributed by atoms with Crippen molar-refractivity contribution in [3.05, 3.63) is 23.3 Å². The third kappa shape index (κ3) is 3.08. The third-order valence-electron chi connectivity index (χ3n) is 6.12. The van der Waals surface area contributed by atoms with Gasteiger partial charge in [-0.3, -0.25) is 18.9 Å². The molecule has 0 saturated carbocycles. The number of ketones is 1. The molecule has 0 N–H and O–H groups in total. The molecular weight excluding hydrogens is 351 g/mol. The van der Waals surface area contributed by atoms with Crippen LogP contribution >= 0.6 is 0 Å². The zero-order valence-corrected chi connectivity index (χ0v) is 15.7. The van der Waals surface area contributed by atoms with Crippen molar-refractivity contribution in [2.75, 3.05) is 40.5 Å². The van der Waals surface area contributed by atoms with Gasteiger partial charge in [0.2, 0.25) is 5.91 Å². The highest BCUT2D eigenvalue weighted by atomic mass is 19.1. The van der Waals surface area contributed by atoms with Gasteiger partial charge in [0.15, 0.2) is 17.3 Å². The summed E-state index contributed by atoms with van der Waals surface area (Å²) in [5.41, 5.74) is 2.27. The van der Waals surface area contributed by atoms with Gasteiger partial charge < -0.3 is 14.4 Å². The number of carbonyl (C=O) groups excluding carboxylic acids is 2. The standard InChI is InChI=1S/C20H25FN2O4/c1-26-18-6-13-3-4-22-11-16(23-10-12(9-21)5-20(23)25)17(24)8-15(22)14(13)7-19(18)27-2/h6-7,12,15-16H,3-5,8-11H2,1-2H3/t12-,15+,16?/m1/s1. The second kappa shape index (κ2) is 7.11.